The Morgan fingerprint density at radius 2 is 1.65 bits per heavy atom. The molecule has 0 bridgehead atoms. The van der Waals surface area contributed by atoms with E-state index in [1.165, 1.54) is 29.3 Å². The number of thioether (sulfide) groups is 1. The molecule has 166 valence electrons. The van der Waals surface area contributed by atoms with Crippen molar-refractivity contribution in [2.24, 2.45) is 5.92 Å². The van der Waals surface area contributed by atoms with Crippen LogP contribution in [0.3, 0.4) is 0 Å². The second-order valence-electron chi connectivity index (χ2n) is 8.76. The maximum Gasteiger partial charge on any atom is 0.233 e. The molecule has 6 nitrogen and oxygen atoms in total. The molecule has 31 heavy (non-hydrogen) atoms. The number of aromatic nitrogens is 2. The number of likely N-dealkylation sites (tertiary alicyclic amines) is 2. The first-order valence-corrected chi connectivity index (χ1v) is 12.3. The molecule has 0 spiro atoms. The molecule has 2 aromatic rings. The van der Waals surface area contributed by atoms with E-state index in [0.29, 0.717) is 24.7 Å². The van der Waals surface area contributed by atoms with Crippen LogP contribution in [0, 0.1) is 19.8 Å². The molecule has 2 aliphatic heterocycles. The first-order valence-electron chi connectivity index (χ1n) is 11.3. The predicted octanol–water partition coefficient (Wildman–Crippen LogP) is 3.83. The van der Waals surface area contributed by atoms with E-state index in [1.807, 2.05) is 20.6 Å². The minimum atomic E-state index is 0.0817. The lowest BCUT2D eigenvalue weighted by atomic mass is 9.94. The maximum absolute atomic E-state index is 12.8. The number of nitrogens with zero attached hydrogens (tertiary/aromatic N) is 4. The molecule has 7 heteroatoms. The monoisotopic (exact) mass is 440 g/mol. The van der Waals surface area contributed by atoms with Crippen molar-refractivity contribution in [1.29, 1.82) is 0 Å². The number of piperidine rings is 2. The fraction of sp³-hybridized carbons (Fsp3) is 0.542. The molecule has 0 unspecified atom stereocenters. The molecule has 0 N–H and O–H groups in total. The summed E-state index contributed by atoms with van der Waals surface area (Å²) in [6, 6.07) is 6.41. The van der Waals surface area contributed by atoms with Gasteiger partial charge in [-0.2, -0.15) is 0 Å². The van der Waals surface area contributed by atoms with Gasteiger partial charge in [-0.05, 0) is 69.2 Å². The number of carbonyl (C=O) groups excluding carboxylic acids is 2. The Labute approximate surface area is 189 Å². The summed E-state index contributed by atoms with van der Waals surface area (Å²) in [5, 5.41) is 0.827. The zero-order chi connectivity index (χ0) is 21.8. The Morgan fingerprint density at radius 3 is 2.32 bits per heavy atom. The topological polar surface area (TPSA) is 58.4 Å². The summed E-state index contributed by atoms with van der Waals surface area (Å²) in [7, 11) is 0. The van der Waals surface area contributed by atoms with Gasteiger partial charge in [0.15, 0.2) is 5.16 Å². The molecular weight excluding hydrogens is 408 g/mol. The van der Waals surface area contributed by atoms with Crippen LogP contribution in [-0.2, 0) is 9.59 Å². The molecule has 2 fully saturated rings. The SMILES string of the molecule is Cc1cc(C)cc(-n2ccnc2SCC(=O)N2CCC(C(=O)N3CCCCC3)CC2)c1. The molecule has 1 aromatic carbocycles. The maximum atomic E-state index is 12.8. The highest BCUT2D eigenvalue weighted by atomic mass is 32.2. The molecule has 0 saturated carbocycles. The zero-order valence-electron chi connectivity index (χ0n) is 18.5. The number of imidazole rings is 1. The highest BCUT2D eigenvalue weighted by molar-refractivity contribution is 7.99. The summed E-state index contributed by atoms with van der Waals surface area (Å²) in [5.74, 6) is 0.880. The van der Waals surface area contributed by atoms with E-state index < -0.39 is 0 Å². The van der Waals surface area contributed by atoms with Crippen LogP contribution in [0.5, 0.6) is 0 Å². The van der Waals surface area contributed by atoms with Crippen LogP contribution in [0.4, 0.5) is 0 Å². The normalized spacial score (nSPS) is 17.7. The number of carbonyl (C=O) groups is 2. The Kier molecular flexibility index (Phi) is 7.00. The minimum Gasteiger partial charge on any atom is -0.342 e. The summed E-state index contributed by atoms with van der Waals surface area (Å²) in [4.78, 5) is 33.9. The number of amides is 2. The molecule has 1 aromatic heterocycles. The average Bonchev–Trinajstić information content (AvgIpc) is 3.26. The van der Waals surface area contributed by atoms with Crippen LogP contribution in [0.15, 0.2) is 35.7 Å². The summed E-state index contributed by atoms with van der Waals surface area (Å²) >= 11 is 1.48. The molecule has 0 radical (unpaired) electrons. The van der Waals surface area contributed by atoms with E-state index in [2.05, 4.69) is 37.0 Å². The first kappa shape index (κ1) is 21.9. The summed E-state index contributed by atoms with van der Waals surface area (Å²) in [6.07, 6.45) is 8.76. The van der Waals surface area contributed by atoms with Crippen LogP contribution in [0.25, 0.3) is 5.69 Å². The lowest BCUT2D eigenvalue weighted by Gasteiger charge is -2.35. The van der Waals surface area contributed by atoms with Crippen LogP contribution in [-0.4, -0.2) is 63.1 Å². The van der Waals surface area contributed by atoms with E-state index in [0.717, 1.165) is 49.6 Å². The molecule has 4 rings (SSSR count). The van der Waals surface area contributed by atoms with Gasteiger partial charge in [0.1, 0.15) is 0 Å². The van der Waals surface area contributed by atoms with Crippen LogP contribution < -0.4 is 0 Å². The summed E-state index contributed by atoms with van der Waals surface area (Å²) in [6.45, 7) is 7.33. The van der Waals surface area contributed by atoms with Crippen molar-refractivity contribution in [2.75, 3.05) is 31.9 Å². The third-order valence-electron chi connectivity index (χ3n) is 6.28. The third kappa shape index (κ3) is 5.32. The van der Waals surface area contributed by atoms with Gasteiger partial charge in [0, 0.05) is 50.2 Å². The highest BCUT2D eigenvalue weighted by Crippen LogP contribution is 2.25. The zero-order valence-corrected chi connectivity index (χ0v) is 19.4. The Morgan fingerprint density at radius 1 is 0.968 bits per heavy atom. The summed E-state index contributed by atoms with van der Waals surface area (Å²) < 4.78 is 2.04. The van der Waals surface area contributed by atoms with Gasteiger partial charge in [0.2, 0.25) is 11.8 Å². The van der Waals surface area contributed by atoms with Gasteiger partial charge in [0.05, 0.1) is 5.75 Å². The van der Waals surface area contributed by atoms with Gasteiger partial charge < -0.3 is 9.80 Å². The van der Waals surface area contributed by atoms with E-state index in [1.54, 1.807) is 6.20 Å². The van der Waals surface area contributed by atoms with Gasteiger partial charge in [-0.3, -0.25) is 14.2 Å². The van der Waals surface area contributed by atoms with Crippen molar-refractivity contribution in [2.45, 2.75) is 51.1 Å². The van der Waals surface area contributed by atoms with Crippen LogP contribution in [0.1, 0.15) is 43.2 Å². The third-order valence-corrected chi connectivity index (χ3v) is 7.23. The number of benzene rings is 1. The van der Waals surface area contributed by atoms with Crippen molar-refractivity contribution < 1.29 is 9.59 Å². The molecule has 2 aliphatic rings. The van der Waals surface area contributed by atoms with Crippen molar-refractivity contribution in [3.05, 3.63) is 41.7 Å². The molecular formula is C24H32N4O2S. The van der Waals surface area contributed by atoms with E-state index in [4.69, 9.17) is 0 Å². The Balaban J connectivity index is 1.29. The fourth-order valence-corrected chi connectivity index (χ4v) is 5.52. The Hall–Kier alpha value is -2.28. The molecule has 2 amide bonds. The molecule has 0 aliphatic carbocycles. The van der Waals surface area contributed by atoms with Crippen molar-refractivity contribution in [3.63, 3.8) is 0 Å². The molecule has 3 heterocycles. The second-order valence-corrected chi connectivity index (χ2v) is 9.70. The van der Waals surface area contributed by atoms with E-state index >= 15 is 0 Å². The van der Waals surface area contributed by atoms with Gasteiger partial charge in [0.25, 0.3) is 0 Å². The quantitative estimate of drug-likeness (QED) is 0.663. The number of aryl methyl sites for hydroxylation is 2. The lowest BCUT2D eigenvalue weighted by Crippen LogP contribution is -2.46. The lowest BCUT2D eigenvalue weighted by molar-refractivity contribution is -0.140. The highest BCUT2D eigenvalue weighted by Gasteiger charge is 2.30. The predicted molar refractivity (Wildman–Crippen MR) is 123 cm³/mol. The largest absolute Gasteiger partial charge is 0.342 e. The standard InChI is InChI=1S/C24H32N4O2S/c1-18-14-19(2)16-21(15-18)28-13-8-25-24(28)31-17-22(29)26-11-6-20(7-12-26)23(30)27-9-4-3-5-10-27/h8,13-16,20H,3-7,9-12,17H2,1-2H3. The average molecular weight is 441 g/mol. The van der Waals surface area contributed by atoms with Crippen LogP contribution >= 0.6 is 11.8 Å². The van der Waals surface area contributed by atoms with Gasteiger partial charge in [-0.1, -0.05) is 17.8 Å². The van der Waals surface area contributed by atoms with E-state index in [-0.39, 0.29) is 11.8 Å². The number of rotatable bonds is 5. The first-order chi connectivity index (χ1) is 15.0. The molecule has 2 saturated heterocycles. The van der Waals surface area contributed by atoms with Crippen LogP contribution in [0.2, 0.25) is 0 Å². The van der Waals surface area contributed by atoms with Crippen molar-refractivity contribution in [1.82, 2.24) is 19.4 Å². The van der Waals surface area contributed by atoms with Crippen molar-refractivity contribution >= 4 is 23.6 Å². The van der Waals surface area contributed by atoms with E-state index in [9.17, 15) is 9.59 Å². The number of hydrogen-bond donors (Lipinski definition) is 0. The fourth-order valence-electron chi connectivity index (χ4n) is 4.65. The van der Waals surface area contributed by atoms with Crippen molar-refractivity contribution in [3.8, 4) is 5.69 Å². The Bertz CT molecular complexity index is 907. The smallest absolute Gasteiger partial charge is 0.233 e. The minimum absolute atomic E-state index is 0.0817. The van der Waals surface area contributed by atoms with Gasteiger partial charge in [-0.15, -0.1) is 0 Å². The summed E-state index contributed by atoms with van der Waals surface area (Å²) in [5.41, 5.74) is 3.48. The van der Waals surface area contributed by atoms with Gasteiger partial charge in [-0.25, -0.2) is 4.98 Å². The number of hydrogen-bond acceptors (Lipinski definition) is 4. The van der Waals surface area contributed by atoms with Gasteiger partial charge >= 0.3 is 0 Å². The molecule has 0 atom stereocenters. The second kappa shape index (κ2) is 9.90.